The third kappa shape index (κ3) is 3.66. The summed E-state index contributed by atoms with van der Waals surface area (Å²) in [6.45, 7) is 7.01. The van der Waals surface area contributed by atoms with Crippen molar-refractivity contribution >= 4 is 11.6 Å². The van der Waals surface area contributed by atoms with Crippen LogP contribution in [0.3, 0.4) is 0 Å². The average molecular weight is 337 g/mol. The highest BCUT2D eigenvalue weighted by Crippen LogP contribution is 2.21. The van der Waals surface area contributed by atoms with E-state index in [-0.39, 0.29) is 5.91 Å². The summed E-state index contributed by atoms with van der Waals surface area (Å²) in [7, 11) is 0. The molecular formula is C19H23N5O. The summed E-state index contributed by atoms with van der Waals surface area (Å²) in [6.07, 6.45) is 0.868. The van der Waals surface area contributed by atoms with Crippen molar-refractivity contribution in [2.24, 2.45) is 0 Å². The van der Waals surface area contributed by atoms with Gasteiger partial charge in [0.25, 0.3) is 5.91 Å². The molecule has 1 aromatic heterocycles. The summed E-state index contributed by atoms with van der Waals surface area (Å²) in [6, 6.07) is 11.7. The standard InChI is InChI=1S/C19H23N5O/c1-14(2)16-12-17(22-21-16)19(25)24-9-5-8-23(10-11-24)18-7-4-3-6-15(18)13-20/h3-4,6-7,12,14H,5,8-11H2,1-2H3,(H,21,22). The monoisotopic (exact) mass is 337 g/mol. The minimum Gasteiger partial charge on any atom is -0.369 e. The van der Waals surface area contributed by atoms with Gasteiger partial charge in [0.05, 0.1) is 11.3 Å². The molecule has 1 saturated heterocycles. The molecule has 6 nitrogen and oxygen atoms in total. The fourth-order valence-corrected chi connectivity index (χ4v) is 3.11. The Labute approximate surface area is 148 Å². The van der Waals surface area contributed by atoms with Gasteiger partial charge in [-0.1, -0.05) is 26.0 Å². The molecule has 1 N–H and O–H groups in total. The van der Waals surface area contributed by atoms with Gasteiger partial charge in [-0.2, -0.15) is 10.4 Å². The zero-order chi connectivity index (χ0) is 17.8. The van der Waals surface area contributed by atoms with E-state index in [1.54, 1.807) is 0 Å². The predicted octanol–water partition coefficient (Wildman–Crippen LogP) is 2.76. The first-order valence-corrected chi connectivity index (χ1v) is 8.69. The van der Waals surface area contributed by atoms with Gasteiger partial charge >= 0.3 is 0 Å². The lowest BCUT2D eigenvalue weighted by molar-refractivity contribution is 0.0761. The van der Waals surface area contributed by atoms with Crippen molar-refractivity contribution in [3.63, 3.8) is 0 Å². The van der Waals surface area contributed by atoms with Gasteiger partial charge < -0.3 is 9.80 Å². The van der Waals surface area contributed by atoms with Crippen molar-refractivity contribution in [1.82, 2.24) is 15.1 Å². The summed E-state index contributed by atoms with van der Waals surface area (Å²) in [5.41, 5.74) is 3.08. The molecule has 0 radical (unpaired) electrons. The molecule has 6 heteroatoms. The van der Waals surface area contributed by atoms with Crippen LogP contribution in [0.15, 0.2) is 30.3 Å². The summed E-state index contributed by atoms with van der Waals surface area (Å²) < 4.78 is 0. The van der Waals surface area contributed by atoms with E-state index in [1.165, 1.54) is 0 Å². The average Bonchev–Trinajstić information content (AvgIpc) is 3.00. The van der Waals surface area contributed by atoms with Crippen LogP contribution in [0, 0.1) is 11.3 Å². The molecule has 3 rings (SSSR count). The molecule has 1 amide bonds. The van der Waals surface area contributed by atoms with E-state index in [0.29, 0.717) is 36.8 Å². The summed E-state index contributed by atoms with van der Waals surface area (Å²) in [4.78, 5) is 16.8. The molecule has 1 aliphatic heterocycles. The number of nitrogens with one attached hydrogen (secondary N) is 1. The van der Waals surface area contributed by atoms with Crippen LogP contribution >= 0.6 is 0 Å². The van der Waals surface area contributed by atoms with Gasteiger partial charge in [0, 0.05) is 31.9 Å². The Morgan fingerprint density at radius 2 is 2.04 bits per heavy atom. The van der Waals surface area contributed by atoms with Crippen molar-refractivity contribution in [2.45, 2.75) is 26.2 Å². The van der Waals surface area contributed by atoms with Crippen LogP contribution in [0.25, 0.3) is 0 Å². The van der Waals surface area contributed by atoms with Gasteiger partial charge in [-0.15, -0.1) is 0 Å². The molecule has 2 aromatic rings. The number of para-hydroxylation sites is 1. The second-order valence-electron chi connectivity index (χ2n) is 6.62. The van der Waals surface area contributed by atoms with Crippen LogP contribution in [0.2, 0.25) is 0 Å². The SMILES string of the molecule is CC(C)c1cc(C(=O)N2CCCN(c3ccccc3C#N)CC2)n[nH]1. The van der Waals surface area contributed by atoms with E-state index in [2.05, 4.69) is 35.0 Å². The van der Waals surface area contributed by atoms with Crippen molar-refractivity contribution in [3.05, 3.63) is 47.3 Å². The van der Waals surface area contributed by atoms with Crippen LogP contribution in [0.4, 0.5) is 5.69 Å². The number of anilines is 1. The predicted molar refractivity (Wildman–Crippen MR) is 96.6 cm³/mol. The summed E-state index contributed by atoms with van der Waals surface area (Å²) >= 11 is 0. The summed E-state index contributed by atoms with van der Waals surface area (Å²) in [5.74, 6) is 0.287. The van der Waals surface area contributed by atoms with Crippen molar-refractivity contribution in [3.8, 4) is 6.07 Å². The molecule has 130 valence electrons. The first-order valence-electron chi connectivity index (χ1n) is 8.69. The number of H-pyrrole nitrogens is 1. The molecule has 0 saturated carbocycles. The number of aromatic nitrogens is 2. The van der Waals surface area contributed by atoms with Gasteiger partial charge in [-0.3, -0.25) is 9.89 Å². The van der Waals surface area contributed by atoms with E-state index in [1.807, 2.05) is 35.2 Å². The van der Waals surface area contributed by atoms with E-state index in [0.717, 1.165) is 24.3 Å². The molecule has 1 aliphatic rings. The van der Waals surface area contributed by atoms with Gasteiger partial charge in [0.15, 0.2) is 0 Å². The zero-order valence-electron chi connectivity index (χ0n) is 14.7. The van der Waals surface area contributed by atoms with Crippen LogP contribution in [0.5, 0.6) is 0 Å². The smallest absolute Gasteiger partial charge is 0.274 e. The number of amides is 1. The highest BCUT2D eigenvalue weighted by molar-refractivity contribution is 5.92. The zero-order valence-corrected chi connectivity index (χ0v) is 14.7. The Morgan fingerprint density at radius 1 is 1.24 bits per heavy atom. The molecule has 2 heterocycles. The highest BCUT2D eigenvalue weighted by Gasteiger charge is 2.23. The van der Waals surface area contributed by atoms with Gasteiger partial charge in [0.2, 0.25) is 0 Å². The van der Waals surface area contributed by atoms with Gasteiger partial charge in [0.1, 0.15) is 11.8 Å². The fourth-order valence-electron chi connectivity index (χ4n) is 3.11. The number of nitrogens with zero attached hydrogens (tertiary/aromatic N) is 4. The van der Waals surface area contributed by atoms with Gasteiger partial charge in [-0.25, -0.2) is 0 Å². The Bertz CT molecular complexity index is 789. The van der Waals surface area contributed by atoms with Crippen molar-refractivity contribution in [1.29, 1.82) is 5.26 Å². The third-order valence-corrected chi connectivity index (χ3v) is 4.59. The number of carbonyl (C=O) groups excluding carboxylic acids is 1. The number of nitriles is 1. The first kappa shape index (κ1) is 17.0. The Kier molecular flexibility index (Phi) is 5.03. The van der Waals surface area contributed by atoms with E-state index in [9.17, 15) is 10.1 Å². The molecule has 0 bridgehead atoms. The number of carbonyl (C=O) groups is 1. The van der Waals surface area contributed by atoms with Crippen LogP contribution in [0.1, 0.15) is 47.9 Å². The lowest BCUT2D eigenvalue weighted by Crippen LogP contribution is -2.35. The largest absolute Gasteiger partial charge is 0.369 e. The highest BCUT2D eigenvalue weighted by atomic mass is 16.2. The minimum absolute atomic E-state index is 0.0291. The number of benzene rings is 1. The van der Waals surface area contributed by atoms with Crippen LogP contribution in [-0.4, -0.2) is 47.2 Å². The first-order chi connectivity index (χ1) is 12.1. The number of aromatic amines is 1. The fraction of sp³-hybridized carbons (Fsp3) is 0.421. The van der Waals surface area contributed by atoms with Crippen LogP contribution < -0.4 is 4.90 Å². The molecular weight excluding hydrogens is 314 g/mol. The molecule has 1 aromatic carbocycles. The maximum Gasteiger partial charge on any atom is 0.274 e. The lowest BCUT2D eigenvalue weighted by Gasteiger charge is -2.24. The Hall–Kier alpha value is -2.81. The molecule has 0 spiro atoms. The normalized spacial score (nSPS) is 15.1. The van der Waals surface area contributed by atoms with E-state index < -0.39 is 0 Å². The molecule has 0 aliphatic carbocycles. The number of hydrogen-bond acceptors (Lipinski definition) is 4. The van der Waals surface area contributed by atoms with E-state index in [4.69, 9.17) is 0 Å². The molecule has 25 heavy (non-hydrogen) atoms. The maximum atomic E-state index is 12.7. The summed E-state index contributed by atoms with van der Waals surface area (Å²) in [5, 5.41) is 16.4. The van der Waals surface area contributed by atoms with Crippen LogP contribution in [-0.2, 0) is 0 Å². The molecule has 0 unspecified atom stereocenters. The molecule has 1 fully saturated rings. The number of rotatable bonds is 3. The van der Waals surface area contributed by atoms with Crippen molar-refractivity contribution in [2.75, 3.05) is 31.1 Å². The lowest BCUT2D eigenvalue weighted by atomic mass is 10.1. The van der Waals surface area contributed by atoms with Crippen molar-refractivity contribution < 1.29 is 4.79 Å². The number of hydrogen-bond donors (Lipinski definition) is 1. The minimum atomic E-state index is -0.0291. The quantitative estimate of drug-likeness (QED) is 0.934. The Balaban J connectivity index is 1.71. The second-order valence-corrected chi connectivity index (χ2v) is 6.62. The van der Waals surface area contributed by atoms with E-state index >= 15 is 0 Å². The molecule has 0 atom stereocenters. The van der Waals surface area contributed by atoms with Gasteiger partial charge in [-0.05, 0) is 30.5 Å². The topological polar surface area (TPSA) is 76.0 Å². The maximum absolute atomic E-state index is 12.7. The third-order valence-electron chi connectivity index (χ3n) is 4.59. The second kappa shape index (κ2) is 7.39. The Morgan fingerprint density at radius 3 is 2.76 bits per heavy atom.